The van der Waals surface area contributed by atoms with E-state index in [1.54, 1.807) is 0 Å². The Morgan fingerprint density at radius 2 is 1.96 bits per heavy atom. The number of rotatable bonds is 6. The van der Waals surface area contributed by atoms with Gasteiger partial charge in [-0.3, -0.25) is 4.98 Å². The Hall–Kier alpha value is -1.45. The zero-order valence-electron chi connectivity index (χ0n) is 16.9. The second-order valence-electron chi connectivity index (χ2n) is 8.82. The van der Waals surface area contributed by atoms with Crippen LogP contribution in [-0.4, -0.2) is 22.2 Å². The normalized spacial score (nSPS) is 23.9. The van der Waals surface area contributed by atoms with Crippen molar-refractivity contribution >= 4 is 11.6 Å². The largest absolute Gasteiger partial charge is 0.375 e. The maximum atomic E-state index is 6.35. The molecule has 0 amide bonds. The van der Waals surface area contributed by atoms with Crippen molar-refractivity contribution in [3.05, 3.63) is 58.6 Å². The first-order valence-electron chi connectivity index (χ1n) is 10.8. The van der Waals surface area contributed by atoms with Crippen molar-refractivity contribution in [3.63, 3.8) is 0 Å². The number of pyridine rings is 2. The summed E-state index contributed by atoms with van der Waals surface area (Å²) in [5.74, 6) is 0. The van der Waals surface area contributed by atoms with Crippen LogP contribution in [0.1, 0.15) is 74.6 Å². The van der Waals surface area contributed by atoms with Crippen molar-refractivity contribution in [2.45, 2.75) is 82.1 Å². The summed E-state index contributed by atoms with van der Waals surface area (Å²) in [6.07, 6.45) is 15.8. The molecule has 0 N–H and O–H groups in total. The van der Waals surface area contributed by atoms with E-state index in [9.17, 15) is 0 Å². The highest BCUT2D eigenvalue weighted by molar-refractivity contribution is 6.30. The van der Waals surface area contributed by atoms with Crippen LogP contribution in [0.25, 0.3) is 0 Å². The number of unbranched alkanes of at least 4 members (excludes halogenated alkanes) is 1. The Kier molecular flexibility index (Phi) is 6.03. The summed E-state index contributed by atoms with van der Waals surface area (Å²) in [5, 5.41) is 0.613. The van der Waals surface area contributed by atoms with Crippen molar-refractivity contribution in [1.82, 2.24) is 9.97 Å². The predicted octanol–water partition coefficient (Wildman–Crippen LogP) is 6.21. The molecule has 0 aromatic carbocycles. The lowest BCUT2D eigenvalue weighted by Gasteiger charge is -2.46. The first-order chi connectivity index (χ1) is 13.6. The minimum absolute atomic E-state index is 0.104. The van der Waals surface area contributed by atoms with E-state index < -0.39 is 0 Å². The highest BCUT2D eigenvalue weighted by atomic mass is 35.5. The van der Waals surface area contributed by atoms with Crippen LogP contribution in [0.5, 0.6) is 0 Å². The van der Waals surface area contributed by atoms with Gasteiger partial charge in [-0.15, -0.1) is 0 Å². The zero-order valence-corrected chi connectivity index (χ0v) is 17.7. The number of aromatic nitrogens is 2. The van der Waals surface area contributed by atoms with E-state index in [-0.39, 0.29) is 11.0 Å². The monoisotopic (exact) mass is 398 g/mol. The van der Waals surface area contributed by atoms with Gasteiger partial charge >= 0.3 is 0 Å². The summed E-state index contributed by atoms with van der Waals surface area (Å²) in [5.41, 5.74) is 3.89. The molecule has 2 fully saturated rings. The van der Waals surface area contributed by atoms with Gasteiger partial charge in [-0.25, -0.2) is 4.98 Å². The van der Waals surface area contributed by atoms with Crippen LogP contribution in [0, 0.1) is 6.92 Å². The second kappa shape index (κ2) is 8.51. The summed E-state index contributed by atoms with van der Waals surface area (Å²) < 4.78 is 6.35. The number of ether oxygens (including phenoxy) is 1. The average Bonchev–Trinajstić information content (AvgIpc) is 3.16. The van der Waals surface area contributed by atoms with Gasteiger partial charge in [-0.05, 0) is 75.1 Å². The van der Waals surface area contributed by atoms with Crippen LogP contribution >= 0.6 is 11.6 Å². The van der Waals surface area contributed by atoms with Crippen molar-refractivity contribution in [3.8, 4) is 0 Å². The standard InChI is InChI=1S/C24H31ClN2O/c1-19-16-20(17-27-22(19)25)8-2-4-10-23(21-9-3-7-14-26-21)13-15-28-24(18-23)11-5-6-12-24/h3,7,9,14,16-17H,2,4-6,8,10-13,15,18H2,1H3. The van der Waals surface area contributed by atoms with Crippen LogP contribution in [0.15, 0.2) is 36.7 Å². The fourth-order valence-electron chi connectivity index (χ4n) is 5.34. The fraction of sp³-hybridized carbons (Fsp3) is 0.583. The highest BCUT2D eigenvalue weighted by Gasteiger charge is 2.48. The van der Waals surface area contributed by atoms with Crippen LogP contribution in [-0.2, 0) is 16.6 Å². The first-order valence-corrected chi connectivity index (χ1v) is 11.2. The van der Waals surface area contributed by atoms with E-state index in [1.807, 2.05) is 25.4 Å². The Bertz CT molecular complexity index is 788. The maximum absolute atomic E-state index is 6.35. The SMILES string of the molecule is Cc1cc(CCCCC2(c3ccccn3)CCOC3(CCCC3)C2)cnc1Cl. The minimum atomic E-state index is 0.104. The Labute approximate surface area is 173 Å². The summed E-state index contributed by atoms with van der Waals surface area (Å²) in [6.45, 7) is 2.90. The van der Waals surface area contributed by atoms with Gasteiger partial charge < -0.3 is 4.74 Å². The molecule has 1 aliphatic heterocycles. The van der Waals surface area contributed by atoms with E-state index in [0.29, 0.717) is 5.15 Å². The Morgan fingerprint density at radius 3 is 2.71 bits per heavy atom. The lowest BCUT2D eigenvalue weighted by Crippen LogP contribution is -2.46. The third-order valence-electron chi connectivity index (χ3n) is 6.81. The minimum Gasteiger partial charge on any atom is -0.375 e. The van der Waals surface area contributed by atoms with Gasteiger partial charge in [0.25, 0.3) is 0 Å². The first kappa shape index (κ1) is 19.8. The molecular weight excluding hydrogens is 368 g/mol. The molecule has 28 heavy (non-hydrogen) atoms. The molecular formula is C24H31ClN2O. The quantitative estimate of drug-likeness (QED) is 0.428. The number of aryl methyl sites for hydroxylation is 2. The maximum Gasteiger partial charge on any atom is 0.131 e. The molecule has 1 aliphatic carbocycles. The summed E-state index contributed by atoms with van der Waals surface area (Å²) in [4.78, 5) is 9.10. The smallest absolute Gasteiger partial charge is 0.131 e. The lowest BCUT2D eigenvalue weighted by molar-refractivity contribution is -0.104. The molecule has 4 rings (SSSR count). The lowest BCUT2D eigenvalue weighted by atomic mass is 9.67. The van der Waals surface area contributed by atoms with Crippen molar-refractivity contribution in [2.75, 3.05) is 6.61 Å². The molecule has 2 aromatic rings. The highest BCUT2D eigenvalue weighted by Crippen LogP contribution is 2.50. The van der Waals surface area contributed by atoms with E-state index in [4.69, 9.17) is 21.3 Å². The molecule has 2 aromatic heterocycles. The number of hydrogen-bond acceptors (Lipinski definition) is 3. The molecule has 150 valence electrons. The van der Waals surface area contributed by atoms with Gasteiger partial charge in [0.2, 0.25) is 0 Å². The Morgan fingerprint density at radius 1 is 1.11 bits per heavy atom. The van der Waals surface area contributed by atoms with Gasteiger partial charge in [0.05, 0.1) is 5.60 Å². The fourth-order valence-corrected chi connectivity index (χ4v) is 5.44. The molecule has 2 aliphatic rings. The van der Waals surface area contributed by atoms with Crippen LogP contribution in [0.2, 0.25) is 5.15 Å². The predicted molar refractivity (Wildman–Crippen MR) is 114 cm³/mol. The van der Waals surface area contributed by atoms with Gasteiger partial charge in [0, 0.05) is 30.1 Å². The van der Waals surface area contributed by atoms with Gasteiger partial charge in [0.15, 0.2) is 0 Å². The van der Waals surface area contributed by atoms with Gasteiger partial charge in [0.1, 0.15) is 5.15 Å². The molecule has 3 heterocycles. The van der Waals surface area contributed by atoms with E-state index in [1.165, 1.54) is 56.2 Å². The van der Waals surface area contributed by atoms with Gasteiger partial charge in [-0.2, -0.15) is 0 Å². The van der Waals surface area contributed by atoms with E-state index in [2.05, 4.69) is 23.2 Å². The molecule has 1 saturated heterocycles. The molecule has 0 radical (unpaired) electrons. The summed E-state index contributed by atoms with van der Waals surface area (Å²) in [6, 6.07) is 8.58. The molecule has 1 spiro atoms. The summed E-state index contributed by atoms with van der Waals surface area (Å²) in [7, 11) is 0. The topological polar surface area (TPSA) is 35.0 Å². The number of hydrogen-bond donors (Lipinski definition) is 0. The molecule has 1 atom stereocenters. The van der Waals surface area contributed by atoms with Crippen LogP contribution in [0.4, 0.5) is 0 Å². The molecule has 0 bridgehead atoms. The van der Waals surface area contributed by atoms with E-state index in [0.717, 1.165) is 31.4 Å². The molecule has 1 saturated carbocycles. The van der Waals surface area contributed by atoms with Crippen molar-refractivity contribution in [2.24, 2.45) is 0 Å². The van der Waals surface area contributed by atoms with E-state index >= 15 is 0 Å². The van der Waals surface area contributed by atoms with Crippen molar-refractivity contribution < 1.29 is 4.74 Å². The third kappa shape index (κ3) is 4.26. The van der Waals surface area contributed by atoms with Gasteiger partial charge in [-0.1, -0.05) is 43.0 Å². The molecule has 1 unspecified atom stereocenters. The second-order valence-corrected chi connectivity index (χ2v) is 9.18. The Balaban J connectivity index is 1.45. The van der Waals surface area contributed by atoms with Crippen LogP contribution < -0.4 is 0 Å². The third-order valence-corrected chi connectivity index (χ3v) is 7.21. The molecule has 3 nitrogen and oxygen atoms in total. The summed E-state index contributed by atoms with van der Waals surface area (Å²) >= 11 is 6.06. The van der Waals surface area contributed by atoms with Crippen LogP contribution in [0.3, 0.4) is 0 Å². The molecule has 4 heteroatoms. The average molecular weight is 399 g/mol. The number of nitrogens with zero attached hydrogens (tertiary/aromatic N) is 2. The zero-order chi connectivity index (χ0) is 19.5. The number of halogens is 1. The van der Waals surface area contributed by atoms with Crippen molar-refractivity contribution in [1.29, 1.82) is 0 Å².